The van der Waals surface area contributed by atoms with Gasteiger partial charge in [-0.1, -0.05) is 26.7 Å². The van der Waals surface area contributed by atoms with Crippen LogP contribution >= 0.6 is 7.60 Å². The van der Waals surface area contributed by atoms with Crippen molar-refractivity contribution < 1.29 is 14.4 Å². The first kappa shape index (κ1) is 10.2. The molecule has 0 fully saturated rings. The zero-order chi connectivity index (χ0) is 8.20. The molecule has 0 aromatic heterocycles. The quantitative estimate of drug-likeness (QED) is 0.623. The summed E-state index contributed by atoms with van der Waals surface area (Å²) < 4.78 is 10.5. The molecule has 3 nitrogen and oxygen atoms in total. The Morgan fingerprint density at radius 2 is 1.70 bits per heavy atom. The molecule has 0 amide bonds. The molecule has 0 spiro atoms. The average Bonchev–Trinajstić information content (AvgIpc) is 1.81. The van der Waals surface area contributed by atoms with Crippen LogP contribution in [0.3, 0.4) is 0 Å². The first-order chi connectivity index (χ1) is 4.49. The second kappa shape index (κ2) is 4.12. The van der Waals surface area contributed by atoms with Crippen LogP contribution < -0.4 is 0 Å². The van der Waals surface area contributed by atoms with Crippen LogP contribution in [0.5, 0.6) is 0 Å². The van der Waals surface area contributed by atoms with Crippen LogP contribution in [0.25, 0.3) is 0 Å². The molecule has 0 aliphatic carbocycles. The van der Waals surface area contributed by atoms with Crippen LogP contribution in [0, 0.1) is 5.92 Å². The summed E-state index contributed by atoms with van der Waals surface area (Å²) in [7, 11) is -3.75. The summed E-state index contributed by atoms with van der Waals surface area (Å²) in [6.07, 6.45) is 1.74. The molecule has 0 aromatic carbocycles. The summed E-state index contributed by atoms with van der Waals surface area (Å²) in [5, 5.41) is 0. The van der Waals surface area contributed by atoms with Crippen molar-refractivity contribution >= 4 is 7.60 Å². The molecule has 0 rings (SSSR count). The highest BCUT2D eigenvalue weighted by Crippen LogP contribution is 2.38. The van der Waals surface area contributed by atoms with Crippen molar-refractivity contribution in [3.05, 3.63) is 0 Å². The van der Waals surface area contributed by atoms with Gasteiger partial charge in [-0.15, -0.1) is 0 Å². The third-order valence-electron chi connectivity index (χ3n) is 1.65. The molecule has 0 unspecified atom stereocenters. The van der Waals surface area contributed by atoms with E-state index >= 15 is 0 Å². The molecule has 62 valence electrons. The molecule has 0 heterocycles. The molecule has 10 heavy (non-hydrogen) atoms. The van der Waals surface area contributed by atoms with E-state index < -0.39 is 7.60 Å². The molecule has 0 aromatic rings. The highest BCUT2D eigenvalue weighted by atomic mass is 31.2. The molecule has 4 heteroatoms. The van der Waals surface area contributed by atoms with Crippen molar-refractivity contribution in [3.63, 3.8) is 0 Å². The third kappa shape index (κ3) is 4.98. The minimum Gasteiger partial charge on any atom is -0.324 e. The van der Waals surface area contributed by atoms with Gasteiger partial charge in [-0.05, 0) is 5.92 Å². The smallest absolute Gasteiger partial charge is 0.324 e. The molecule has 0 atom stereocenters. The van der Waals surface area contributed by atoms with Crippen LogP contribution in [0.15, 0.2) is 0 Å². The van der Waals surface area contributed by atoms with Gasteiger partial charge in [0, 0.05) is 0 Å². The summed E-state index contributed by atoms with van der Waals surface area (Å²) in [5.41, 5.74) is 0. The van der Waals surface area contributed by atoms with E-state index in [4.69, 9.17) is 9.79 Å². The fraction of sp³-hybridized carbons (Fsp3) is 1.00. The van der Waals surface area contributed by atoms with Gasteiger partial charge in [-0.25, -0.2) is 0 Å². The summed E-state index contributed by atoms with van der Waals surface area (Å²) in [5.74, 6) is 0.181. The zero-order valence-corrected chi connectivity index (χ0v) is 7.34. The number of hydrogen-bond acceptors (Lipinski definition) is 1. The van der Waals surface area contributed by atoms with Crippen LogP contribution in [-0.2, 0) is 4.57 Å². The Morgan fingerprint density at radius 3 is 1.80 bits per heavy atom. The van der Waals surface area contributed by atoms with Gasteiger partial charge >= 0.3 is 7.60 Å². The summed E-state index contributed by atoms with van der Waals surface area (Å²) in [4.78, 5) is 17.1. The van der Waals surface area contributed by atoms with Gasteiger partial charge in [0.25, 0.3) is 0 Å². The Morgan fingerprint density at radius 1 is 1.30 bits per heavy atom. The Balaban J connectivity index is 3.75. The SMILES string of the molecule is CCC(CC)CP(=O)(O)O. The molecule has 0 saturated carbocycles. The van der Waals surface area contributed by atoms with E-state index in [1.54, 1.807) is 0 Å². The predicted molar refractivity (Wildman–Crippen MR) is 41.0 cm³/mol. The van der Waals surface area contributed by atoms with Crippen LogP contribution in [0.1, 0.15) is 26.7 Å². The highest BCUT2D eigenvalue weighted by Gasteiger charge is 2.18. The molecule has 0 saturated heterocycles. The first-order valence-corrected chi connectivity index (χ1v) is 5.34. The van der Waals surface area contributed by atoms with Gasteiger partial charge < -0.3 is 9.79 Å². The first-order valence-electron chi connectivity index (χ1n) is 3.54. The van der Waals surface area contributed by atoms with E-state index in [1.165, 1.54) is 0 Å². The number of hydrogen-bond donors (Lipinski definition) is 2. The summed E-state index contributed by atoms with van der Waals surface area (Å²) in [6, 6.07) is 0. The van der Waals surface area contributed by atoms with Gasteiger partial charge in [0.2, 0.25) is 0 Å². The Kier molecular flexibility index (Phi) is 4.18. The van der Waals surface area contributed by atoms with Gasteiger partial charge in [0.05, 0.1) is 6.16 Å². The standard InChI is InChI=1S/C6H15O3P/c1-3-6(4-2)5-10(7,8)9/h6H,3-5H2,1-2H3,(H2,7,8,9). The maximum Gasteiger partial charge on any atom is 0.325 e. The van der Waals surface area contributed by atoms with Crippen LogP contribution in [-0.4, -0.2) is 15.9 Å². The van der Waals surface area contributed by atoms with Crippen LogP contribution in [0.2, 0.25) is 0 Å². The molecular formula is C6H15O3P. The van der Waals surface area contributed by atoms with Crippen molar-refractivity contribution in [2.75, 3.05) is 6.16 Å². The second-order valence-corrected chi connectivity index (χ2v) is 4.22. The van der Waals surface area contributed by atoms with Crippen molar-refractivity contribution in [1.82, 2.24) is 0 Å². The lowest BCUT2D eigenvalue weighted by Gasteiger charge is -2.12. The third-order valence-corrected chi connectivity index (χ3v) is 2.64. The molecule has 0 aliphatic rings. The van der Waals surface area contributed by atoms with E-state index in [9.17, 15) is 4.57 Å². The molecule has 0 radical (unpaired) electrons. The molecule has 0 bridgehead atoms. The fourth-order valence-corrected chi connectivity index (χ4v) is 2.07. The predicted octanol–water partition coefficient (Wildman–Crippen LogP) is 1.60. The van der Waals surface area contributed by atoms with Crippen LogP contribution in [0.4, 0.5) is 0 Å². The highest BCUT2D eigenvalue weighted by molar-refractivity contribution is 7.51. The maximum absolute atomic E-state index is 10.5. The molecule has 0 aliphatic heterocycles. The minimum atomic E-state index is -3.75. The number of rotatable bonds is 4. The van der Waals surface area contributed by atoms with Gasteiger partial charge in [0.1, 0.15) is 0 Å². The monoisotopic (exact) mass is 166 g/mol. The van der Waals surface area contributed by atoms with Crippen molar-refractivity contribution in [1.29, 1.82) is 0 Å². The van der Waals surface area contributed by atoms with E-state index in [0.717, 1.165) is 12.8 Å². The van der Waals surface area contributed by atoms with Gasteiger partial charge in [0.15, 0.2) is 0 Å². The Hall–Kier alpha value is 0.150. The lowest BCUT2D eigenvalue weighted by atomic mass is 10.1. The Labute approximate surface area is 61.6 Å². The van der Waals surface area contributed by atoms with Crippen molar-refractivity contribution in [2.45, 2.75) is 26.7 Å². The van der Waals surface area contributed by atoms with E-state index in [0.29, 0.717) is 0 Å². The van der Waals surface area contributed by atoms with E-state index in [2.05, 4.69) is 0 Å². The topological polar surface area (TPSA) is 57.5 Å². The van der Waals surface area contributed by atoms with E-state index in [1.807, 2.05) is 13.8 Å². The average molecular weight is 166 g/mol. The molecule has 2 N–H and O–H groups in total. The summed E-state index contributed by atoms with van der Waals surface area (Å²) in [6.45, 7) is 3.90. The zero-order valence-electron chi connectivity index (χ0n) is 6.45. The minimum absolute atomic E-state index is 0.0417. The Bertz CT molecular complexity index is 125. The normalized spacial score (nSPS) is 12.5. The lowest BCUT2D eigenvalue weighted by Crippen LogP contribution is -2.03. The fourth-order valence-electron chi connectivity index (χ4n) is 0.883. The largest absolute Gasteiger partial charge is 0.325 e. The van der Waals surface area contributed by atoms with E-state index in [-0.39, 0.29) is 12.1 Å². The van der Waals surface area contributed by atoms with Gasteiger partial charge in [-0.3, -0.25) is 4.57 Å². The van der Waals surface area contributed by atoms with Crippen molar-refractivity contribution in [2.24, 2.45) is 5.92 Å². The molecular weight excluding hydrogens is 151 g/mol. The van der Waals surface area contributed by atoms with Gasteiger partial charge in [-0.2, -0.15) is 0 Å². The lowest BCUT2D eigenvalue weighted by molar-refractivity contribution is 0.357. The van der Waals surface area contributed by atoms with Crippen molar-refractivity contribution in [3.8, 4) is 0 Å². The summed E-state index contributed by atoms with van der Waals surface area (Å²) >= 11 is 0. The maximum atomic E-state index is 10.5. The second-order valence-electron chi connectivity index (χ2n) is 2.53.